The molecule has 176 valence electrons. The lowest BCUT2D eigenvalue weighted by molar-refractivity contribution is -0.164. The van der Waals surface area contributed by atoms with Gasteiger partial charge in [-0.1, -0.05) is 29.8 Å². The minimum atomic E-state index is -3.62. The summed E-state index contributed by atoms with van der Waals surface area (Å²) in [5.74, 6) is -0.196. The Bertz CT molecular complexity index is 1100. The summed E-state index contributed by atoms with van der Waals surface area (Å²) in [5.41, 5.74) is 3.99. The smallest absolute Gasteiger partial charge is 0.339 e. The van der Waals surface area contributed by atoms with Crippen molar-refractivity contribution in [3.8, 4) is 16.9 Å². The number of nitrogens with one attached hydrogen (secondary N) is 1. The van der Waals surface area contributed by atoms with E-state index < -0.39 is 27.7 Å². The van der Waals surface area contributed by atoms with E-state index in [1.54, 1.807) is 6.92 Å². The predicted molar refractivity (Wildman–Crippen MR) is 127 cm³/mol. The highest BCUT2D eigenvalue weighted by Gasteiger charge is 2.35. The number of hydrogen-bond donors (Lipinski definition) is 1. The van der Waals surface area contributed by atoms with E-state index >= 15 is 0 Å². The SMILES string of the molecule is COC(=O)[C@@H](OC(C)(C)C)c1c(C)c(NS(C)(=O)=O)c(OC)c(C)c1-c1ccc(C)cc1. The lowest BCUT2D eigenvalue weighted by Gasteiger charge is -2.31. The second-order valence-corrected chi connectivity index (χ2v) is 10.6. The van der Waals surface area contributed by atoms with Gasteiger partial charge in [-0.3, -0.25) is 4.72 Å². The lowest BCUT2D eigenvalue weighted by Crippen LogP contribution is -2.29. The molecule has 1 N–H and O–H groups in total. The van der Waals surface area contributed by atoms with Gasteiger partial charge in [0.1, 0.15) is 5.75 Å². The van der Waals surface area contributed by atoms with Crippen molar-refractivity contribution in [2.75, 3.05) is 25.2 Å². The van der Waals surface area contributed by atoms with Crippen molar-refractivity contribution in [1.82, 2.24) is 0 Å². The number of aryl methyl sites for hydroxylation is 1. The third-order valence-electron chi connectivity index (χ3n) is 4.97. The largest absolute Gasteiger partial charge is 0.494 e. The minimum Gasteiger partial charge on any atom is -0.494 e. The summed E-state index contributed by atoms with van der Waals surface area (Å²) in [7, 11) is -0.839. The molecule has 1 atom stereocenters. The molecular formula is C24H33NO6S. The summed E-state index contributed by atoms with van der Waals surface area (Å²) >= 11 is 0. The molecule has 7 nitrogen and oxygen atoms in total. The van der Waals surface area contributed by atoms with Crippen molar-refractivity contribution in [2.45, 2.75) is 53.2 Å². The van der Waals surface area contributed by atoms with Gasteiger partial charge in [-0.15, -0.1) is 0 Å². The predicted octanol–water partition coefficient (Wildman–Crippen LogP) is 4.69. The number of anilines is 1. The number of carbonyl (C=O) groups is 1. The standard InChI is InChI=1S/C24H33NO6S/c1-14-10-12-17(13-11-14)18-16(3)21(29-7)20(25-32(9,27)28)15(2)19(18)22(23(26)30-8)31-24(4,5)6/h10-13,22,25H,1-9H3/t22-/m0/s1. The molecule has 0 aromatic heterocycles. The third-order valence-corrected chi connectivity index (χ3v) is 5.55. The molecule has 0 heterocycles. The van der Waals surface area contributed by atoms with Crippen molar-refractivity contribution in [2.24, 2.45) is 0 Å². The van der Waals surface area contributed by atoms with Crippen LogP contribution in [0.4, 0.5) is 5.69 Å². The van der Waals surface area contributed by atoms with E-state index in [-0.39, 0.29) is 5.69 Å². The Balaban J connectivity index is 3.03. The molecule has 0 aliphatic heterocycles. The molecule has 2 rings (SSSR count). The highest BCUT2D eigenvalue weighted by Crippen LogP contribution is 2.46. The number of esters is 1. The fraction of sp³-hybridized carbons (Fsp3) is 0.458. The van der Waals surface area contributed by atoms with Gasteiger partial charge in [0.15, 0.2) is 6.10 Å². The Morgan fingerprint density at radius 3 is 2.00 bits per heavy atom. The highest BCUT2D eigenvalue weighted by atomic mass is 32.2. The Labute approximate surface area is 191 Å². The second-order valence-electron chi connectivity index (χ2n) is 8.82. The Morgan fingerprint density at radius 1 is 1.00 bits per heavy atom. The maximum Gasteiger partial charge on any atom is 0.339 e. The Hall–Kier alpha value is -2.58. The average molecular weight is 464 g/mol. The highest BCUT2D eigenvalue weighted by molar-refractivity contribution is 7.92. The van der Waals surface area contributed by atoms with E-state index in [1.807, 2.05) is 58.9 Å². The molecule has 0 amide bonds. The quantitative estimate of drug-likeness (QED) is 0.599. The fourth-order valence-electron chi connectivity index (χ4n) is 3.66. The Kier molecular flexibility index (Phi) is 7.63. The zero-order valence-electron chi connectivity index (χ0n) is 20.2. The van der Waals surface area contributed by atoms with Crippen LogP contribution in [-0.4, -0.2) is 40.5 Å². The first-order valence-electron chi connectivity index (χ1n) is 10.2. The van der Waals surface area contributed by atoms with E-state index in [9.17, 15) is 13.2 Å². The van der Waals surface area contributed by atoms with Crippen LogP contribution >= 0.6 is 0 Å². The first kappa shape index (κ1) is 25.7. The van der Waals surface area contributed by atoms with Gasteiger partial charge in [-0.05, 0) is 58.2 Å². The van der Waals surface area contributed by atoms with Crippen LogP contribution in [0.25, 0.3) is 11.1 Å². The summed E-state index contributed by atoms with van der Waals surface area (Å²) < 4.78 is 43.7. The van der Waals surface area contributed by atoms with Crippen molar-refractivity contribution in [3.05, 3.63) is 46.5 Å². The molecule has 2 aromatic rings. The normalized spacial score (nSPS) is 12.9. The van der Waals surface area contributed by atoms with Gasteiger partial charge in [-0.2, -0.15) is 0 Å². The van der Waals surface area contributed by atoms with E-state index in [0.29, 0.717) is 22.4 Å². The molecule has 0 saturated carbocycles. The lowest BCUT2D eigenvalue weighted by atomic mass is 9.86. The summed E-state index contributed by atoms with van der Waals surface area (Å²) in [6, 6.07) is 7.85. The number of sulfonamides is 1. The molecule has 0 fully saturated rings. The van der Waals surface area contributed by atoms with Gasteiger partial charge in [0, 0.05) is 11.1 Å². The van der Waals surface area contributed by atoms with Gasteiger partial charge in [0.2, 0.25) is 10.0 Å². The van der Waals surface area contributed by atoms with E-state index in [4.69, 9.17) is 14.2 Å². The Morgan fingerprint density at radius 2 is 1.56 bits per heavy atom. The van der Waals surface area contributed by atoms with Gasteiger partial charge < -0.3 is 14.2 Å². The van der Waals surface area contributed by atoms with Crippen LogP contribution in [0, 0.1) is 20.8 Å². The molecule has 0 spiro atoms. The maximum atomic E-state index is 12.9. The molecular weight excluding hydrogens is 430 g/mol. The maximum absolute atomic E-state index is 12.9. The first-order chi connectivity index (χ1) is 14.7. The molecule has 0 saturated heterocycles. The van der Waals surface area contributed by atoms with Crippen molar-refractivity contribution in [3.63, 3.8) is 0 Å². The van der Waals surface area contributed by atoms with Crippen molar-refractivity contribution in [1.29, 1.82) is 0 Å². The van der Waals surface area contributed by atoms with Gasteiger partial charge in [-0.25, -0.2) is 13.2 Å². The monoisotopic (exact) mass is 463 g/mol. The van der Waals surface area contributed by atoms with Crippen LogP contribution in [-0.2, 0) is 24.3 Å². The molecule has 0 bridgehead atoms. The summed E-state index contributed by atoms with van der Waals surface area (Å²) in [6.45, 7) is 11.1. The fourth-order valence-corrected chi connectivity index (χ4v) is 4.28. The zero-order chi connectivity index (χ0) is 24.4. The molecule has 32 heavy (non-hydrogen) atoms. The average Bonchev–Trinajstić information content (AvgIpc) is 2.67. The van der Waals surface area contributed by atoms with Crippen LogP contribution in [0.5, 0.6) is 5.75 Å². The minimum absolute atomic E-state index is 0.268. The summed E-state index contributed by atoms with van der Waals surface area (Å²) in [6.07, 6.45) is -0.0147. The molecule has 0 radical (unpaired) electrons. The van der Waals surface area contributed by atoms with Crippen molar-refractivity contribution >= 4 is 21.7 Å². The molecule has 0 aliphatic rings. The third kappa shape index (κ3) is 5.81. The second kappa shape index (κ2) is 9.50. The van der Waals surface area contributed by atoms with Crippen LogP contribution in [0.3, 0.4) is 0 Å². The number of carbonyl (C=O) groups excluding carboxylic acids is 1. The van der Waals surface area contributed by atoms with Gasteiger partial charge in [0.25, 0.3) is 0 Å². The first-order valence-corrected chi connectivity index (χ1v) is 12.1. The van der Waals surface area contributed by atoms with Crippen LogP contribution < -0.4 is 9.46 Å². The number of hydrogen-bond acceptors (Lipinski definition) is 6. The van der Waals surface area contributed by atoms with Crippen LogP contribution in [0.2, 0.25) is 0 Å². The number of rotatable bonds is 7. The molecule has 0 aliphatic carbocycles. The number of ether oxygens (including phenoxy) is 3. The van der Waals surface area contributed by atoms with E-state index in [2.05, 4.69) is 4.72 Å². The van der Waals surface area contributed by atoms with Crippen molar-refractivity contribution < 1.29 is 27.4 Å². The molecule has 8 heteroatoms. The topological polar surface area (TPSA) is 90.9 Å². The van der Waals surface area contributed by atoms with E-state index in [0.717, 1.165) is 22.9 Å². The molecule has 2 aromatic carbocycles. The van der Waals surface area contributed by atoms with Crippen LogP contribution in [0.1, 0.15) is 49.1 Å². The van der Waals surface area contributed by atoms with Gasteiger partial charge in [0.05, 0.1) is 31.8 Å². The molecule has 0 unspecified atom stereocenters. The summed E-state index contributed by atoms with van der Waals surface area (Å²) in [4.78, 5) is 12.9. The van der Waals surface area contributed by atoms with Gasteiger partial charge >= 0.3 is 5.97 Å². The number of benzene rings is 2. The van der Waals surface area contributed by atoms with E-state index in [1.165, 1.54) is 14.2 Å². The summed E-state index contributed by atoms with van der Waals surface area (Å²) in [5, 5.41) is 0. The number of methoxy groups -OCH3 is 2. The zero-order valence-corrected chi connectivity index (χ0v) is 21.1. The van der Waals surface area contributed by atoms with Crippen LogP contribution in [0.15, 0.2) is 24.3 Å².